The van der Waals surface area contributed by atoms with E-state index in [9.17, 15) is 14.4 Å². The predicted molar refractivity (Wildman–Crippen MR) is 318 cm³/mol. The lowest BCUT2D eigenvalue weighted by atomic mass is 9.91. The zero-order valence-corrected chi connectivity index (χ0v) is 50.1. The molecule has 4 amide bonds. The Morgan fingerprint density at radius 1 is 0.556 bits per heavy atom. The van der Waals surface area contributed by atoms with E-state index in [0.29, 0.717) is 207 Å². The quantitative estimate of drug-likeness (QED) is 0.0378. The van der Waals surface area contributed by atoms with E-state index >= 15 is 0 Å². The van der Waals surface area contributed by atoms with E-state index in [1.54, 1.807) is 0 Å². The molecular weight excluding hydrogens is 1110 g/mol. The zero-order chi connectivity index (χ0) is 55.2. The average molecular weight is 1200 g/mol. The van der Waals surface area contributed by atoms with Crippen LogP contribution in [0.5, 0.6) is 0 Å². The van der Waals surface area contributed by atoms with E-state index in [0.717, 1.165) is 43.4 Å². The third-order valence-electron chi connectivity index (χ3n) is 14.2. The normalized spacial score (nSPS) is 20.9. The molecule has 0 aromatic heterocycles. The van der Waals surface area contributed by atoms with E-state index in [2.05, 4.69) is 75.1 Å². The minimum Gasteiger partial charge on any atom is -0.377 e. The number of nitrogens with two attached hydrogens (primary N) is 1. The van der Waals surface area contributed by atoms with Crippen LogP contribution in [0.2, 0.25) is 0 Å². The van der Waals surface area contributed by atoms with Crippen LogP contribution < -0.4 is 32.3 Å². The van der Waals surface area contributed by atoms with E-state index < -0.39 is 0 Å². The maximum Gasteiger partial charge on any atom is 0.315 e. The Kier molecular flexibility index (Phi) is 38.8. The van der Waals surface area contributed by atoms with Crippen LogP contribution in [0.15, 0.2) is 48.5 Å². The fraction of sp³-hybridized carbons (Fsp3) is 0.741. The van der Waals surface area contributed by atoms with Crippen LogP contribution in [0.25, 0.3) is 11.1 Å². The molecule has 2 aromatic rings. The lowest BCUT2D eigenvalue weighted by Crippen LogP contribution is -2.38. The molecule has 81 heavy (non-hydrogen) atoms. The van der Waals surface area contributed by atoms with Gasteiger partial charge >= 0.3 is 6.03 Å². The van der Waals surface area contributed by atoms with Gasteiger partial charge in [0, 0.05) is 61.0 Å². The van der Waals surface area contributed by atoms with Crippen molar-refractivity contribution in [3.63, 3.8) is 0 Å². The molecule has 20 nitrogen and oxygen atoms in total. The number of hydrogen-bond acceptors (Lipinski definition) is 17. The number of unbranched alkanes of at least 4 members (excludes halogenated alkanes) is 1. The number of halogens is 2. The van der Waals surface area contributed by atoms with Crippen molar-refractivity contribution in [1.82, 2.24) is 26.6 Å². The van der Waals surface area contributed by atoms with Gasteiger partial charge in [0.25, 0.3) is 0 Å². The van der Waals surface area contributed by atoms with Crippen molar-refractivity contribution in [2.45, 2.75) is 112 Å². The highest BCUT2D eigenvalue weighted by molar-refractivity contribution is 8.00. The summed E-state index contributed by atoms with van der Waals surface area (Å²) in [6.45, 7) is 11.3. The van der Waals surface area contributed by atoms with Crippen LogP contribution in [-0.4, -0.2) is 217 Å². The second kappa shape index (κ2) is 44.5. The second-order valence-electron chi connectivity index (χ2n) is 20.4. The molecule has 4 aliphatic rings. The minimum absolute atomic E-state index is 0. The molecule has 2 aliphatic heterocycles. The Morgan fingerprint density at radius 2 is 1.02 bits per heavy atom. The number of aryl methyl sites for hydroxylation is 1. The number of carbonyl (C=O) groups is 3. The monoisotopic (exact) mass is 1200 g/mol. The van der Waals surface area contributed by atoms with Crippen molar-refractivity contribution in [2.75, 3.05) is 164 Å². The first-order valence-electron chi connectivity index (χ1n) is 29.2. The molecular formula is C58H96Cl2N6O14S. The molecule has 2 aromatic carbocycles. The molecule has 7 N–H and O–H groups in total. The summed E-state index contributed by atoms with van der Waals surface area (Å²) in [4.78, 5) is 36.1. The van der Waals surface area contributed by atoms with Crippen LogP contribution in [0.3, 0.4) is 0 Å². The molecule has 4 fully saturated rings. The largest absolute Gasteiger partial charge is 0.377 e. The highest BCUT2D eigenvalue weighted by Crippen LogP contribution is 2.42. The Labute approximate surface area is 498 Å². The van der Waals surface area contributed by atoms with E-state index in [4.69, 9.17) is 57.8 Å². The van der Waals surface area contributed by atoms with Crippen molar-refractivity contribution in [2.24, 2.45) is 5.73 Å². The summed E-state index contributed by atoms with van der Waals surface area (Å²) in [5.74, 6) is 1.62. The first-order valence-corrected chi connectivity index (χ1v) is 30.2. The number of hydrogen-bond donors (Lipinski definition) is 6. The van der Waals surface area contributed by atoms with Crippen molar-refractivity contribution < 1.29 is 66.5 Å². The number of nitrogens with one attached hydrogen (secondary N) is 5. The summed E-state index contributed by atoms with van der Waals surface area (Å²) >= 11 is 1.90. The van der Waals surface area contributed by atoms with E-state index in [-0.39, 0.29) is 54.7 Å². The van der Waals surface area contributed by atoms with E-state index in [1.165, 1.54) is 36.0 Å². The molecule has 2 heterocycles. The van der Waals surface area contributed by atoms with Crippen LogP contribution >= 0.6 is 36.6 Å². The molecule has 23 heteroatoms. The summed E-state index contributed by atoms with van der Waals surface area (Å²) in [5, 5.41) is 16.1. The first-order chi connectivity index (χ1) is 38.9. The Balaban J connectivity index is 0.00000706. The Bertz CT molecular complexity index is 1950. The number of amides is 4. The number of ether oxygens (including phenoxy) is 11. The molecule has 2 aliphatic carbocycles. The maximum absolute atomic E-state index is 12.5. The van der Waals surface area contributed by atoms with Crippen molar-refractivity contribution in [1.29, 1.82) is 0 Å². The van der Waals surface area contributed by atoms with Gasteiger partial charge in [0.2, 0.25) is 11.8 Å². The van der Waals surface area contributed by atoms with Crippen molar-refractivity contribution in [3.8, 4) is 11.1 Å². The summed E-state index contributed by atoms with van der Waals surface area (Å²) in [7, 11) is 0. The van der Waals surface area contributed by atoms with Gasteiger partial charge in [0.1, 0.15) is 0 Å². The summed E-state index contributed by atoms with van der Waals surface area (Å²) in [6, 6.07) is 19.5. The Morgan fingerprint density at radius 3 is 1.52 bits per heavy atom. The third kappa shape index (κ3) is 31.1. The van der Waals surface area contributed by atoms with Crippen LogP contribution in [-0.2, 0) is 68.1 Å². The van der Waals surface area contributed by atoms with Gasteiger partial charge in [0.05, 0.1) is 157 Å². The second-order valence-corrected chi connectivity index (χ2v) is 21.6. The number of rotatable bonds is 48. The van der Waals surface area contributed by atoms with Gasteiger partial charge in [-0.3, -0.25) is 9.59 Å². The highest BCUT2D eigenvalue weighted by Gasteiger charge is 2.42. The van der Waals surface area contributed by atoms with Gasteiger partial charge in [-0.2, -0.15) is 11.8 Å². The SMILES string of the molecule is Cl.Cl.NC1CCC(N[C@@H]2C[C@H]2c2ccc(-c3cccc(CCC(=O)NCCOCCOCCOCCOCCOCCOCCOCCOCCOCCOCCOCCNC(=O)CCCC[C@@H]4SC[C@@H]5NC(=O)N[C@@H]54)c3)cc2)CC1. The molecule has 462 valence electrons. The van der Waals surface area contributed by atoms with Crippen LogP contribution in [0.1, 0.15) is 81.3 Å². The van der Waals surface area contributed by atoms with Crippen LogP contribution in [0, 0.1) is 0 Å². The zero-order valence-electron chi connectivity index (χ0n) is 47.6. The molecule has 2 saturated heterocycles. The third-order valence-corrected chi connectivity index (χ3v) is 15.7. The number of urea groups is 1. The van der Waals surface area contributed by atoms with Gasteiger partial charge in [-0.25, -0.2) is 4.79 Å². The van der Waals surface area contributed by atoms with Crippen molar-refractivity contribution in [3.05, 3.63) is 59.7 Å². The lowest BCUT2D eigenvalue weighted by Gasteiger charge is -2.27. The average Bonchev–Trinajstić information content (AvgIpc) is 4.20. The fourth-order valence-corrected chi connectivity index (χ4v) is 11.2. The first kappa shape index (κ1) is 70.5. The standard InChI is InChI=1S/C58H94N6O14S.2ClH/c59-49-13-15-50(16-14-49)62-52-43-51(52)47-11-9-46(10-12-47)48-5-3-4-45(42-48)8-17-56(66)61-19-21-69-23-25-71-27-29-73-31-33-75-35-37-77-39-41-78-40-38-76-36-34-74-32-30-72-28-26-70-24-22-68-20-18-60-55(65)7-2-1-6-54-57-53(44-79-54)63-58(67)64-57;;/h3-5,9-12,42,49-54,57,62H,1-2,6-8,13-41,43-44,59H2,(H,60,65)(H,61,66)(H2,63,64,67);2*1H/t49?,50?,51-,52+,53-,54-,57-;;/m0../s1. The van der Waals surface area contributed by atoms with Gasteiger partial charge in [-0.15, -0.1) is 24.8 Å². The van der Waals surface area contributed by atoms with Gasteiger partial charge < -0.3 is 84.4 Å². The fourth-order valence-electron chi connectivity index (χ4n) is 9.70. The minimum atomic E-state index is -0.0632. The summed E-state index contributed by atoms with van der Waals surface area (Å²) < 4.78 is 61.0. The number of thioether (sulfide) groups is 1. The van der Waals surface area contributed by atoms with Gasteiger partial charge in [-0.1, -0.05) is 55.0 Å². The Hall–Kier alpha value is -2.94. The molecule has 0 unspecified atom stereocenters. The topological polar surface area (TPSA) is 239 Å². The molecule has 5 atom stereocenters. The molecule has 0 spiro atoms. The summed E-state index contributed by atoms with van der Waals surface area (Å²) in [5.41, 5.74) is 11.0. The smallest absolute Gasteiger partial charge is 0.315 e. The van der Waals surface area contributed by atoms with Gasteiger partial charge in [0.15, 0.2) is 0 Å². The maximum atomic E-state index is 12.5. The number of benzene rings is 2. The van der Waals surface area contributed by atoms with E-state index in [1.807, 2.05) is 11.8 Å². The molecule has 6 rings (SSSR count). The molecule has 2 saturated carbocycles. The molecule has 0 radical (unpaired) electrons. The van der Waals surface area contributed by atoms with Gasteiger partial charge in [-0.05, 0) is 73.6 Å². The predicted octanol–water partition coefficient (Wildman–Crippen LogP) is 4.99. The van der Waals surface area contributed by atoms with Crippen molar-refractivity contribution >= 4 is 54.4 Å². The number of carbonyl (C=O) groups excluding carboxylic acids is 3. The lowest BCUT2D eigenvalue weighted by molar-refractivity contribution is -0.122. The molecule has 0 bridgehead atoms. The summed E-state index contributed by atoms with van der Waals surface area (Å²) in [6.07, 6.45) is 10.3. The number of fused-ring (bicyclic) bond motifs is 1. The van der Waals surface area contributed by atoms with Crippen LogP contribution in [0.4, 0.5) is 4.79 Å². The highest BCUT2D eigenvalue weighted by atomic mass is 35.5.